The SMILES string of the molecule is CC1CCN(c2nc3c(c(N4CCCC4)n2)CN(Cc2ccc(Cl)cc2)CC3)CC1. The van der Waals surface area contributed by atoms with E-state index in [0.29, 0.717) is 0 Å². The van der Waals surface area contributed by atoms with Gasteiger partial charge in [-0.2, -0.15) is 4.98 Å². The molecule has 0 unspecified atom stereocenters. The molecular formula is C24H32ClN5. The van der Waals surface area contributed by atoms with Crippen LogP contribution in [0.3, 0.4) is 0 Å². The molecule has 5 rings (SSSR count). The Labute approximate surface area is 185 Å². The summed E-state index contributed by atoms with van der Waals surface area (Å²) in [5.74, 6) is 2.99. The van der Waals surface area contributed by atoms with Crippen molar-refractivity contribution in [1.29, 1.82) is 0 Å². The van der Waals surface area contributed by atoms with Crippen LogP contribution in [0.5, 0.6) is 0 Å². The van der Waals surface area contributed by atoms with Crippen molar-refractivity contribution in [3.8, 4) is 0 Å². The van der Waals surface area contributed by atoms with Crippen molar-refractivity contribution in [2.45, 2.75) is 52.1 Å². The van der Waals surface area contributed by atoms with E-state index < -0.39 is 0 Å². The minimum Gasteiger partial charge on any atom is -0.356 e. The summed E-state index contributed by atoms with van der Waals surface area (Å²) in [6.07, 6.45) is 6.03. The van der Waals surface area contributed by atoms with Crippen LogP contribution in [-0.2, 0) is 19.5 Å². The van der Waals surface area contributed by atoms with Crippen molar-refractivity contribution in [2.24, 2.45) is 5.92 Å². The number of aromatic nitrogens is 2. The first-order valence-electron chi connectivity index (χ1n) is 11.5. The van der Waals surface area contributed by atoms with Crippen LogP contribution in [0.1, 0.15) is 49.4 Å². The van der Waals surface area contributed by atoms with Gasteiger partial charge in [0, 0.05) is 62.8 Å². The predicted octanol–water partition coefficient (Wildman–Crippen LogP) is 4.52. The van der Waals surface area contributed by atoms with E-state index in [1.54, 1.807) is 0 Å². The highest BCUT2D eigenvalue weighted by atomic mass is 35.5. The lowest BCUT2D eigenvalue weighted by atomic mass is 9.99. The monoisotopic (exact) mass is 425 g/mol. The van der Waals surface area contributed by atoms with Crippen LogP contribution >= 0.6 is 11.6 Å². The molecule has 1 aromatic heterocycles. The Hall–Kier alpha value is -1.85. The van der Waals surface area contributed by atoms with Gasteiger partial charge in [0.2, 0.25) is 5.95 Å². The van der Waals surface area contributed by atoms with Gasteiger partial charge in [0.1, 0.15) is 5.82 Å². The lowest BCUT2D eigenvalue weighted by molar-refractivity contribution is 0.243. The molecule has 1 aromatic carbocycles. The van der Waals surface area contributed by atoms with Crippen molar-refractivity contribution >= 4 is 23.4 Å². The van der Waals surface area contributed by atoms with Crippen LogP contribution in [0, 0.1) is 5.92 Å². The fraction of sp³-hybridized carbons (Fsp3) is 0.583. The molecule has 0 aliphatic carbocycles. The Morgan fingerprint density at radius 1 is 0.933 bits per heavy atom. The van der Waals surface area contributed by atoms with E-state index in [4.69, 9.17) is 21.6 Å². The molecular weight excluding hydrogens is 394 g/mol. The normalized spacial score (nSPS) is 20.6. The zero-order chi connectivity index (χ0) is 20.5. The Kier molecular flexibility index (Phi) is 5.83. The van der Waals surface area contributed by atoms with Gasteiger partial charge in [-0.15, -0.1) is 0 Å². The van der Waals surface area contributed by atoms with Crippen LogP contribution in [0.2, 0.25) is 5.02 Å². The van der Waals surface area contributed by atoms with E-state index in [0.717, 1.165) is 69.1 Å². The zero-order valence-corrected chi connectivity index (χ0v) is 18.7. The number of piperidine rings is 1. The molecule has 3 aliphatic rings. The fourth-order valence-corrected chi connectivity index (χ4v) is 5.09. The Bertz CT molecular complexity index is 870. The largest absolute Gasteiger partial charge is 0.356 e. The van der Waals surface area contributed by atoms with E-state index in [1.165, 1.54) is 48.3 Å². The zero-order valence-electron chi connectivity index (χ0n) is 18.0. The average Bonchev–Trinajstić information content (AvgIpc) is 3.30. The summed E-state index contributed by atoms with van der Waals surface area (Å²) in [5, 5.41) is 0.798. The van der Waals surface area contributed by atoms with E-state index >= 15 is 0 Å². The van der Waals surface area contributed by atoms with Gasteiger partial charge in [0.05, 0.1) is 5.69 Å². The molecule has 0 saturated carbocycles. The number of halogens is 1. The molecule has 2 fully saturated rings. The van der Waals surface area contributed by atoms with Gasteiger partial charge in [-0.3, -0.25) is 4.90 Å². The minimum atomic E-state index is 0.798. The number of nitrogens with zero attached hydrogens (tertiary/aromatic N) is 5. The van der Waals surface area contributed by atoms with Gasteiger partial charge >= 0.3 is 0 Å². The first kappa shape index (κ1) is 20.1. The van der Waals surface area contributed by atoms with Crippen LogP contribution in [0.15, 0.2) is 24.3 Å². The minimum absolute atomic E-state index is 0.798. The van der Waals surface area contributed by atoms with Crippen LogP contribution in [0.4, 0.5) is 11.8 Å². The van der Waals surface area contributed by atoms with Gasteiger partial charge in [-0.05, 0) is 49.3 Å². The third kappa shape index (κ3) is 4.28. The van der Waals surface area contributed by atoms with Crippen molar-refractivity contribution in [2.75, 3.05) is 42.5 Å². The molecule has 0 spiro atoms. The van der Waals surface area contributed by atoms with Gasteiger partial charge < -0.3 is 9.80 Å². The molecule has 3 aliphatic heterocycles. The molecule has 4 heterocycles. The highest BCUT2D eigenvalue weighted by molar-refractivity contribution is 6.30. The summed E-state index contributed by atoms with van der Waals surface area (Å²) in [4.78, 5) is 17.7. The second-order valence-electron chi connectivity index (χ2n) is 9.22. The van der Waals surface area contributed by atoms with Crippen LogP contribution < -0.4 is 9.80 Å². The summed E-state index contributed by atoms with van der Waals surface area (Å²) >= 11 is 6.06. The summed E-state index contributed by atoms with van der Waals surface area (Å²) in [7, 11) is 0. The topological polar surface area (TPSA) is 35.5 Å². The van der Waals surface area contributed by atoms with Gasteiger partial charge in [0.15, 0.2) is 0 Å². The maximum atomic E-state index is 6.06. The highest BCUT2D eigenvalue weighted by Gasteiger charge is 2.28. The van der Waals surface area contributed by atoms with Crippen LogP contribution in [-0.4, -0.2) is 47.6 Å². The van der Waals surface area contributed by atoms with E-state index in [2.05, 4.69) is 33.8 Å². The van der Waals surface area contributed by atoms with Crippen molar-refractivity contribution in [1.82, 2.24) is 14.9 Å². The molecule has 2 aromatic rings. The summed E-state index contributed by atoms with van der Waals surface area (Å²) in [6, 6.07) is 8.24. The molecule has 30 heavy (non-hydrogen) atoms. The van der Waals surface area contributed by atoms with Crippen LogP contribution in [0.25, 0.3) is 0 Å². The molecule has 0 amide bonds. The number of anilines is 2. The highest BCUT2D eigenvalue weighted by Crippen LogP contribution is 2.32. The first-order chi connectivity index (χ1) is 14.7. The Morgan fingerprint density at radius 3 is 2.40 bits per heavy atom. The molecule has 160 valence electrons. The first-order valence-corrected chi connectivity index (χ1v) is 11.9. The standard InChI is InChI=1S/C24H32ClN5/c1-18-8-14-30(15-9-18)24-26-22-10-13-28(16-19-4-6-20(25)7-5-19)17-21(22)23(27-24)29-11-2-3-12-29/h4-7,18H,2-3,8-17H2,1H3. The number of hydrogen-bond donors (Lipinski definition) is 0. The lowest BCUT2D eigenvalue weighted by Gasteiger charge is -2.35. The lowest BCUT2D eigenvalue weighted by Crippen LogP contribution is -2.37. The molecule has 0 radical (unpaired) electrons. The smallest absolute Gasteiger partial charge is 0.227 e. The van der Waals surface area contributed by atoms with Crippen molar-refractivity contribution < 1.29 is 0 Å². The molecule has 0 bridgehead atoms. The predicted molar refractivity (Wildman–Crippen MR) is 123 cm³/mol. The number of rotatable bonds is 4. The third-order valence-corrected chi connectivity index (χ3v) is 7.15. The second-order valence-corrected chi connectivity index (χ2v) is 9.66. The van der Waals surface area contributed by atoms with E-state index in [1.807, 2.05) is 12.1 Å². The summed E-state index contributed by atoms with van der Waals surface area (Å²) in [5.41, 5.74) is 3.93. The van der Waals surface area contributed by atoms with Crippen molar-refractivity contribution in [3.05, 3.63) is 46.1 Å². The fourth-order valence-electron chi connectivity index (χ4n) is 4.96. The van der Waals surface area contributed by atoms with Gasteiger partial charge in [-0.25, -0.2) is 4.98 Å². The van der Waals surface area contributed by atoms with Gasteiger partial charge in [-0.1, -0.05) is 30.7 Å². The summed E-state index contributed by atoms with van der Waals surface area (Å²) in [6.45, 7) is 9.69. The van der Waals surface area contributed by atoms with Gasteiger partial charge in [0.25, 0.3) is 0 Å². The van der Waals surface area contributed by atoms with Crippen molar-refractivity contribution in [3.63, 3.8) is 0 Å². The average molecular weight is 426 g/mol. The molecule has 2 saturated heterocycles. The number of benzene rings is 1. The molecule has 0 N–H and O–H groups in total. The Balaban J connectivity index is 1.41. The maximum Gasteiger partial charge on any atom is 0.227 e. The summed E-state index contributed by atoms with van der Waals surface area (Å²) < 4.78 is 0. The molecule has 0 atom stereocenters. The molecule has 5 nitrogen and oxygen atoms in total. The number of fused-ring (bicyclic) bond motifs is 1. The molecule has 6 heteroatoms. The Morgan fingerprint density at radius 2 is 1.67 bits per heavy atom. The second kappa shape index (κ2) is 8.72. The quantitative estimate of drug-likeness (QED) is 0.719. The van der Waals surface area contributed by atoms with E-state index in [-0.39, 0.29) is 0 Å². The van der Waals surface area contributed by atoms with E-state index in [9.17, 15) is 0 Å². The third-order valence-electron chi connectivity index (χ3n) is 6.90. The number of hydrogen-bond acceptors (Lipinski definition) is 5. The maximum absolute atomic E-state index is 6.06.